The molecule has 0 fully saturated rings. The van der Waals surface area contributed by atoms with Crippen molar-refractivity contribution in [1.29, 1.82) is 0 Å². The summed E-state index contributed by atoms with van der Waals surface area (Å²) >= 11 is 0. The van der Waals surface area contributed by atoms with Gasteiger partial charge in [-0.05, 0) is 31.0 Å². The second-order valence-electron chi connectivity index (χ2n) is 3.93. The Hall–Kier alpha value is -1.42. The van der Waals surface area contributed by atoms with Crippen LogP contribution in [0.25, 0.3) is 0 Å². The number of carboxylic acid groups (broad SMARTS) is 1. The highest BCUT2D eigenvalue weighted by atomic mass is 19.1. The van der Waals surface area contributed by atoms with Gasteiger partial charge in [-0.1, -0.05) is 12.1 Å². The molecular formula is C11H14FNO2. The minimum atomic E-state index is -1.44. The van der Waals surface area contributed by atoms with Crippen LogP contribution in [0, 0.1) is 12.7 Å². The molecule has 15 heavy (non-hydrogen) atoms. The van der Waals surface area contributed by atoms with Crippen molar-refractivity contribution < 1.29 is 14.3 Å². The number of halogens is 1. The Kier molecular flexibility index (Phi) is 3.09. The Balaban J connectivity index is 3.04. The van der Waals surface area contributed by atoms with Gasteiger partial charge in [0.2, 0.25) is 0 Å². The summed E-state index contributed by atoms with van der Waals surface area (Å²) in [6, 6.07) is 4.62. The topological polar surface area (TPSA) is 63.3 Å². The Morgan fingerprint density at radius 2 is 2.20 bits per heavy atom. The average molecular weight is 211 g/mol. The molecule has 0 spiro atoms. The molecule has 0 bridgehead atoms. The van der Waals surface area contributed by atoms with Gasteiger partial charge in [-0.25, -0.2) is 4.39 Å². The van der Waals surface area contributed by atoms with Gasteiger partial charge in [0.15, 0.2) is 0 Å². The van der Waals surface area contributed by atoms with E-state index in [9.17, 15) is 9.18 Å². The number of rotatable bonds is 3. The molecule has 0 heterocycles. The number of aliphatic carboxylic acids is 1. The maximum Gasteiger partial charge on any atom is 0.323 e. The molecule has 1 atom stereocenters. The zero-order chi connectivity index (χ0) is 11.6. The van der Waals surface area contributed by atoms with Crippen LogP contribution in [0.15, 0.2) is 18.2 Å². The average Bonchev–Trinajstić information content (AvgIpc) is 2.11. The van der Waals surface area contributed by atoms with E-state index >= 15 is 0 Å². The maximum atomic E-state index is 13.4. The summed E-state index contributed by atoms with van der Waals surface area (Å²) in [6.07, 6.45) is -0.0131. The first-order valence-corrected chi connectivity index (χ1v) is 4.61. The lowest BCUT2D eigenvalue weighted by Crippen LogP contribution is -2.47. The lowest BCUT2D eigenvalue weighted by atomic mass is 9.91. The van der Waals surface area contributed by atoms with E-state index < -0.39 is 17.3 Å². The lowest BCUT2D eigenvalue weighted by molar-refractivity contribution is -0.142. The van der Waals surface area contributed by atoms with E-state index in [0.29, 0.717) is 11.1 Å². The summed E-state index contributed by atoms with van der Waals surface area (Å²) < 4.78 is 13.4. The van der Waals surface area contributed by atoms with Crippen molar-refractivity contribution in [2.24, 2.45) is 5.73 Å². The van der Waals surface area contributed by atoms with Gasteiger partial charge < -0.3 is 10.8 Å². The molecule has 0 aromatic heterocycles. The zero-order valence-electron chi connectivity index (χ0n) is 8.75. The molecule has 0 saturated heterocycles. The fourth-order valence-electron chi connectivity index (χ4n) is 1.33. The number of benzene rings is 1. The highest BCUT2D eigenvalue weighted by Gasteiger charge is 2.29. The fourth-order valence-corrected chi connectivity index (χ4v) is 1.33. The normalized spacial score (nSPS) is 14.7. The van der Waals surface area contributed by atoms with Gasteiger partial charge in [-0.2, -0.15) is 0 Å². The molecule has 4 heteroatoms. The largest absolute Gasteiger partial charge is 0.480 e. The van der Waals surface area contributed by atoms with Crippen molar-refractivity contribution in [3.63, 3.8) is 0 Å². The minimum absolute atomic E-state index is 0.0131. The first-order valence-electron chi connectivity index (χ1n) is 4.61. The van der Waals surface area contributed by atoms with Crippen molar-refractivity contribution in [3.8, 4) is 0 Å². The number of aryl methyl sites for hydroxylation is 1. The Morgan fingerprint density at radius 1 is 1.60 bits per heavy atom. The third kappa shape index (κ3) is 2.53. The van der Waals surface area contributed by atoms with Crippen molar-refractivity contribution in [1.82, 2.24) is 0 Å². The maximum absolute atomic E-state index is 13.4. The second kappa shape index (κ2) is 3.98. The van der Waals surface area contributed by atoms with Crippen LogP contribution in [0.3, 0.4) is 0 Å². The van der Waals surface area contributed by atoms with E-state index in [4.69, 9.17) is 10.8 Å². The lowest BCUT2D eigenvalue weighted by Gasteiger charge is -2.20. The van der Waals surface area contributed by atoms with E-state index in [0.717, 1.165) is 0 Å². The molecule has 0 aliphatic rings. The van der Waals surface area contributed by atoms with Crippen LogP contribution >= 0.6 is 0 Å². The molecule has 0 amide bonds. The quantitative estimate of drug-likeness (QED) is 0.796. The van der Waals surface area contributed by atoms with Crippen molar-refractivity contribution in [3.05, 3.63) is 35.1 Å². The van der Waals surface area contributed by atoms with Crippen molar-refractivity contribution in [2.45, 2.75) is 25.8 Å². The molecule has 0 aliphatic carbocycles. The van der Waals surface area contributed by atoms with Crippen LogP contribution in [0.1, 0.15) is 18.1 Å². The van der Waals surface area contributed by atoms with Gasteiger partial charge in [0.1, 0.15) is 11.4 Å². The van der Waals surface area contributed by atoms with Crippen LogP contribution in [-0.4, -0.2) is 16.6 Å². The highest BCUT2D eigenvalue weighted by Crippen LogP contribution is 2.18. The Labute approximate surface area is 87.7 Å². The standard InChI is InChI=1S/C11H14FNO2/c1-7-4-3-5-9(12)8(7)6-11(2,13)10(14)15/h3-5H,6,13H2,1-2H3,(H,14,15). The summed E-state index contributed by atoms with van der Waals surface area (Å²) in [4.78, 5) is 10.8. The molecule has 82 valence electrons. The third-order valence-electron chi connectivity index (χ3n) is 2.39. The molecule has 1 aromatic rings. The van der Waals surface area contributed by atoms with Gasteiger partial charge in [-0.3, -0.25) is 4.79 Å². The molecule has 1 rings (SSSR count). The number of hydrogen-bond acceptors (Lipinski definition) is 2. The summed E-state index contributed by atoms with van der Waals surface area (Å²) in [5.41, 5.74) is 5.21. The summed E-state index contributed by atoms with van der Waals surface area (Å²) in [7, 11) is 0. The number of nitrogens with two attached hydrogens (primary N) is 1. The molecule has 0 radical (unpaired) electrons. The number of carbonyl (C=O) groups is 1. The van der Waals surface area contributed by atoms with Crippen molar-refractivity contribution >= 4 is 5.97 Å². The molecule has 0 aliphatic heterocycles. The Morgan fingerprint density at radius 3 is 2.67 bits per heavy atom. The van der Waals surface area contributed by atoms with E-state index in [1.165, 1.54) is 13.0 Å². The zero-order valence-corrected chi connectivity index (χ0v) is 8.75. The summed E-state index contributed by atoms with van der Waals surface area (Å²) in [6.45, 7) is 3.11. The number of carboxylic acids is 1. The smallest absolute Gasteiger partial charge is 0.323 e. The van der Waals surface area contributed by atoms with Crippen LogP contribution in [0.5, 0.6) is 0 Å². The van der Waals surface area contributed by atoms with Gasteiger partial charge in [0.05, 0.1) is 0 Å². The summed E-state index contributed by atoms with van der Waals surface area (Å²) in [5.74, 6) is -1.54. The van der Waals surface area contributed by atoms with E-state index in [1.807, 2.05) is 0 Å². The molecule has 1 unspecified atom stereocenters. The molecule has 3 N–H and O–H groups in total. The molecule has 1 aromatic carbocycles. The SMILES string of the molecule is Cc1cccc(F)c1CC(C)(N)C(=O)O. The second-order valence-corrected chi connectivity index (χ2v) is 3.93. The van der Waals surface area contributed by atoms with E-state index in [-0.39, 0.29) is 6.42 Å². The Bertz CT molecular complexity index is 368. The fraction of sp³-hybridized carbons (Fsp3) is 0.364. The highest BCUT2D eigenvalue weighted by molar-refractivity contribution is 5.78. The predicted molar refractivity (Wildman–Crippen MR) is 55.1 cm³/mol. The van der Waals surface area contributed by atoms with Gasteiger partial charge in [0.25, 0.3) is 0 Å². The number of hydrogen-bond donors (Lipinski definition) is 2. The van der Waals surface area contributed by atoms with Gasteiger partial charge in [0, 0.05) is 6.42 Å². The van der Waals surface area contributed by atoms with E-state index in [2.05, 4.69) is 0 Å². The van der Waals surface area contributed by atoms with E-state index in [1.54, 1.807) is 19.1 Å². The van der Waals surface area contributed by atoms with Gasteiger partial charge >= 0.3 is 5.97 Å². The third-order valence-corrected chi connectivity index (χ3v) is 2.39. The van der Waals surface area contributed by atoms with Crippen LogP contribution in [0.2, 0.25) is 0 Å². The minimum Gasteiger partial charge on any atom is -0.480 e. The van der Waals surface area contributed by atoms with Crippen LogP contribution in [0.4, 0.5) is 4.39 Å². The molecule has 3 nitrogen and oxygen atoms in total. The first-order chi connectivity index (χ1) is 6.84. The van der Waals surface area contributed by atoms with Gasteiger partial charge in [-0.15, -0.1) is 0 Å². The summed E-state index contributed by atoms with van der Waals surface area (Å²) in [5, 5.41) is 8.84. The molecule has 0 saturated carbocycles. The predicted octanol–water partition coefficient (Wildman–Crippen LogP) is 1.48. The monoisotopic (exact) mass is 211 g/mol. The van der Waals surface area contributed by atoms with Crippen LogP contribution in [-0.2, 0) is 11.2 Å². The van der Waals surface area contributed by atoms with Crippen molar-refractivity contribution in [2.75, 3.05) is 0 Å². The molecular weight excluding hydrogens is 197 g/mol. The van der Waals surface area contributed by atoms with Crippen LogP contribution < -0.4 is 5.73 Å². The first kappa shape index (κ1) is 11.7.